The summed E-state index contributed by atoms with van der Waals surface area (Å²) in [6.07, 6.45) is 2.81. The number of rotatable bonds is 5. The molecule has 0 radical (unpaired) electrons. The summed E-state index contributed by atoms with van der Waals surface area (Å²) in [6, 6.07) is 22.4. The smallest absolute Gasteiger partial charge is 0.257 e. The first-order chi connectivity index (χ1) is 15.6. The molecular weight excluding hydrogens is 400 g/mol. The number of amides is 1. The maximum Gasteiger partial charge on any atom is 0.257 e. The van der Waals surface area contributed by atoms with Crippen LogP contribution >= 0.6 is 0 Å². The fourth-order valence-corrected chi connectivity index (χ4v) is 4.72. The molecule has 0 spiro atoms. The number of methoxy groups -OCH3 is 1. The molecule has 2 atom stereocenters. The summed E-state index contributed by atoms with van der Waals surface area (Å²) in [5.41, 5.74) is 4.32. The number of carbonyl (C=O) groups is 1. The van der Waals surface area contributed by atoms with Crippen molar-refractivity contribution in [2.24, 2.45) is 5.10 Å². The van der Waals surface area contributed by atoms with Crippen LogP contribution in [-0.4, -0.2) is 46.3 Å². The van der Waals surface area contributed by atoms with Gasteiger partial charge in [-0.15, -0.1) is 0 Å². The van der Waals surface area contributed by atoms with Gasteiger partial charge in [-0.05, 0) is 42.3 Å². The normalized spacial score (nSPS) is 20.7. The first kappa shape index (κ1) is 20.5. The first-order valence-electron chi connectivity index (χ1n) is 11.1. The molecule has 32 heavy (non-hydrogen) atoms. The third-order valence-electron chi connectivity index (χ3n) is 6.58. The Morgan fingerprint density at radius 3 is 2.56 bits per heavy atom. The van der Waals surface area contributed by atoms with Crippen molar-refractivity contribution in [2.45, 2.75) is 32.0 Å². The summed E-state index contributed by atoms with van der Waals surface area (Å²) in [7, 11) is 1.66. The highest BCUT2D eigenvalue weighted by Crippen LogP contribution is 2.34. The number of hydrazone groups is 1. The van der Waals surface area contributed by atoms with Gasteiger partial charge in [0.05, 0.1) is 25.4 Å². The fraction of sp³-hybridized carbons (Fsp3) is 0.308. The lowest BCUT2D eigenvalue weighted by Crippen LogP contribution is -2.43. The van der Waals surface area contributed by atoms with Crippen LogP contribution in [0, 0.1) is 0 Å². The number of aromatic nitrogens is 1. The zero-order valence-corrected chi connectivity index (χ0v) is 18.5. The minimum Gasteiger partial charge on any atom is -0.497 e. The van der Waals surface area contributed by atoms with Crippen molar-refractivity contribution in [1.82, 2.24) is 14.5 Å². The lowest BCUT2D eigenvalue weighted by atomic mass is 9.98. The number of benzene rings is 2. The molecule has 0 unspecified atom stereocenters. The van der Waals surface area contributed by atoms with E-state index >= 15 is 0 Å². The second-order valence-electron chi connectivity index (χ2n) is 8.42. The van der Waals surface area contributed by atoms with E-state index in [-0.39, 0.29) is 18.0 Å². The van der Waals surface area contributed by atoms with Crippen LogP contribution in [0.4, 0.5) is 0 Å². The van der Waals surface area contributed by atoms with Crippen molar-refractivity contribution in [3.8, 4) is 5.75 Å². The third kappa shape index (κ3) is 3.82. The van der Waals surface area contributed by atoms with Gasteiger partial charge in [-0.2, -0.15) is 5.10 Å². The van der Waals surface area contributed by atoms with Crippen LogP contribution < -0.4 is 4.74 Å². The molecule has 2 aliphatic rings. The van der Waals surface area contributed by atoms with Crippen LogP contribution in [0.1, 0.15) is 42.2 Å². The highest BCUT2D eigenvalue weighted by atomic mass is 16.5. The minimum atomic E-state index is -0.118. The van der Waals surface area contributed by atoms with Gasteiger partial charge in [-0.1, -0.05) is 42.5 Å². The van der Waals surface area contributed by atoms with E-state index in [2.05, 4.69) is 46.9 Å². The molecule has 5 rings (SSSR count). The minimum absolute atomic E-state index is 0.0311. The van der Waals surface area contributed by atoms with Crippen molar-refractivity contribution < 1.29 is 9.53 Å². The molecule has 2 aromatic carbocycles. The highest BCUT2D eigenvalue weighted by molar-refractivity contribution is 6.03. The summed E-state index contributed by atoms with van der Waals surface area (Å²) in [5.74, 6) is 0.836. The predicted octanol–water partition coefficient (Wildman–Crippen LogP) is 4.25. The molecule has 0 fully saturated rings. The van der Waals surface area contributed by atoms with E-state index < -0.39 is 0 Å². The largest absolute Gasteiger partial charge is 0.497 e. The van der Waals surface area contributed by atoms with E-state index in [0.717, 1.165) is 35.7 Å². The van der Waals surface area contributed by atoms with Crippen LogP contribution in [0.2, 0.25) is 0 Å². The summed E-state index contributed by atoms with van der Waals surface area (Å²) in [4.78, 5) is 15.8. The van der Waals surface area contributed by atoms with Crippen molar-refractivity contribution in [2.75, 3.05) is 20.2 Å². The van der Waals surface area contributed by atoms with E-state index in [9.17, 15) is 4.79 Å². The number of hydrogen-bond donors (Lipinski definition) is 0. The monoisotopic (exact) mass is 428 g/mol. The van der Waals surface area contributed by atoms with E-state index in [1.807, 2.05) is 42.5 Å². The molecule has 3 heterocycles. The molecule has 0 saturated heterocycles. The summed E-state index contributed by atoms with van der Waals surface area (Å²) in [5, 5.41) is 6.52. The van der Waals surface area contributed by atoms with Crippen molar-refractivity contribution in [1.29, 1.82) is 0 Å². The predicted molar refractivity (Wildman–Crippen MR) is 125 cm³/mol. The van der Waals surface area contributed by atoms with Crippen molar-refractivity contribution in [3.05, 3.63) is 89.7 Å². The maximum atomic E-state index is 13.5. The summed E-state index contributed by atoms with van der Waals surface area (Å²) < 4.78 is 7.58. The Bertz CT molecular complexity index is 1120. The number of ether oxygens (including phenoxy) is 1. The Labute approximate surface area is 188 Å². The first-order valence-corrected chi connectivity index (χ1v) is 11.1. The van der Waals surface area contributed by atoms with Crippen LogP contribution in [0.5, 0.6) is 5.75 Å². The summed E-state index contributed by atoms with van der Waals surface area (Å²) >= 11 is 0. The average molecular weight is 429 g/mol. The SMILES string of the molecule is COc1ccc([C@H]2CC(c3ccccc3)=NN2C(=O)CN2CCn3cccc3[C@H]2C)cc1. The molecule has 164 valence electrons. The molecule has 0 N–H and O–H groups in total. The van der Waals surface area contributed by atoms with Gasteiger partial charge in [0.2, 0.25) is 0 Å². The second kappa shape index (κ2) is 8.63. The Hall–Kier alpha value is -3.38. The average Bonchev–Trinajstić information content (AvgIpc) is 3.50. The van der Waals surface area contributed by atoms with Crippen LogP contribution in [0.15, 0.2) is 78.0 Å². The molecule has 1 aromatic heterocycles. The number of fused-ring (bicyclic) bond motifs is 1. The lowest BCUT2D eigenvalue weighted by Gasteiger charge is -2.35. The van der Waals surface area contributed by atoms with Gasteiger partial charge in [0.15, 0.2) is 0 Å². The van der Waals surface area contributed by atoms with Gasteiger partial charge in [-0.3, -0.25) is 9.69 Å². The molecular formula is C26H28N4O2. The van der Waals surface area contributed by atoms with E-state index in [1.165, 1.54) is 5.69 Å². The van der Waals surface area contributed by atoms with Gasteiger partial charge >= 0.3 is 0 Å². The highest BCUT2D eigenvalue weighted by Gasteiger charge is 2.35. The second-order valence-corrected chi connectivity index (χ2v) is 8.42. The quantitative estimate of drug-likeness (QED) is 0.610. The standard InChI is InChI=1S/C26H28N4O2/c1-19-24-9-6-14-28(24)15-16-29(19)18-26(31)30-25(21-10-12-22(32-2)13-11-21)17-23(27-30)20-7-4-3-5-8-20/h3-14,19,25H,15-18H2,1-2H3/t19-,25-/m1/s1. The van der Waals surface area contributed by atoms with Gasteiger partial charge in [0, 0.05) is 37.4 Å². The molecule has 2 aliphatic heterocycles. The van der Waals surface area contributed by atoms with Crippen molar-refractivity contribution >= 4 is 11.6 Å². The number of carbonyl (C=O) groups excluding carboxylic acids is 1. The molecule has 0 aliphatic carbocycles. The molecule has 1 amide bonds. The van der Waals surface area contributed by atoms with Gasteiger partial charge in [0.25, 0.3) is 5.91 Å². The Balaban J connectivity index is 1.41. The maximum absolute atomic E-state index is 13.5. The lowest BCUT2D eigenvalue weighted by molar-refractivity contribution is -0.135. The molecule has 6 nitrogen and oxygen atoms in total. The zero-order chi connectivity index (χ0) is 22.1. The molecule has 3 aromatic rings. The van der Waals surface area contributed by atoms with Crippen LogP contribution in [0.25, 0.3) is 0 Å². The van der Waals surface area contributed by atoms with E-state index in [4.69, 9.17) is 9.84 Å². The van der Waals surface area contributed by atoms with Gasteiger partial charge in [-0.25, -0.2) is 5.01 Å². The Kier molecular flexibility index (Phi) is 5.53. The van der Waals surface area contributed by atoms with E-state index in [1.54, 1.807) is 12.1 Å². The van der Waals surface area contributed by atoms with Gasteiger partial charge < -0.3 is 9.30 Å². The van der Waals surface area contributed by atoms with Crippen LogP contribution in [0.3, 0.4) is 0 Å². The Morgan fingerprint density at radius 2 is 1.81 bits per heavy atom. The molecule has 0 bridgehead atoms. The van der Waals surface area contributed by atoms with Crippen molar-refractivity contribution in [3.63, 3.8) is 0 Å². The number of nitrogens with zero attached hydrogens (tertiary/aromatic N) is 4. The summed E-state index contributed by atoms with van der Waals surface area (Å²) in [6.45, 7) is 4.28. The zero-order valence-electron chi connectivity index (χ0n) is 18.5. The fourth-order valence-electron chi connectivity index (χ4n) is 4.72. The molecule has 6 heteroatoms. The third-order valence-corrected chi connectivity index (χ3v) is 6.58. The van der Waals surface area contributed by atoms with E-state index in [0.29, 0.717) is 13.0 Å². The van der Waals surface area contributed by atoms with Gasteiger partial charge in [0.1, 0.15) is 5.75 Å². The number of hydrogen-bond acceptors (Lipinski definition) is 4. The van der Waals surface area contributed by atoms with Crippen LogP contribution in [-0.2, 0) is 11.3 Å². The Morgan fingerprint density at radius 1 is 1.03 bits per heavy atom. The molecule has 0 saturated carbocycles. The topological polar surface area (TPSA) is 50.1 Å².